The van der Waals surface area contributed by atoms with Crippen LogP contribution in [0.4, 0.5) is 11.4 Å². The lowest BCUT2D eigenvalue weighted by atomic mass is 10.2. The van der Waals surface area contributed by atoms with Crippen LogP contribution in [0.25, 0.3) is 0 Å². The number of thioether (sulfide) groups is 1. The zero-order chi connectivity index (χ0) is 16.5. The summed E-state index contributed by atoms with van der Waals surface area (Å²) in [5.74, 6) is -0.0360. The van der Waals surface area contributed by atoms with E-state index in [4.69, 9.17) is 0 Å². The highest BCUT2D eigenvalue weighted by Gasteiger charge is 2.14. The molecule has 0 bridgehead atoms. The molecule has 120 valence electrons. The number of rotatable bonds is 7. The number of benzene rings is 1. The minimum atomic E-state index is -0.284. The fourth-order valence-corrected chi connectivity index (χ4v) is 2.43. The summed E-state index contributed by atoms with van der Waals surface area (Å²) in [6, 6.07) is 6.86. The molecule has 1 rings (SSSR count). The molecule has 1 aromatic rings. The second kappa shape index (κ2) is 9.09. The van der Waals surface area contributed by atoms with E-state index < -0.39 is 0 Å². The van der Waals surface area contributed by atoms with Crippen molar-refractivity contribution in [1.82, 2.24) is 0 Å². The third kappa shape index (κ3) is 6.62. The van der Waals surface area contributed by atoms with Crippen molar-refractivity contribution in [1.29, 1.82) is 0 Å². The van der Waals surface area contributed by atoms with Crippen molar-refractivity contribution in [2.24, 2.45) is 0 Å². The van der Waals surface area contributed by atoms with Gasteiger partial charge in [0, 0.05) is 24.1 Å². The Hall–Kier alpha value is -2.02. The van der Waals surface area contributed by atoms with E-state index in [1.807, 2.05) is 0 Å². The van der Waals surface area contributed by atoms with Gasteiger partial charge >= 0.3 is 5.97 Å². The Bertz CT molecular complexity index is 531. The molecule has 2 N–H and O–H groups in total. The van der Waals surface area contributed by atoms with Crippen molar-refractivity contribution >= 4 is 40.9 Å². The Morgan fingerprint density at radius 2 is 1.68 bits per heavy atom. The van der Waals surface area contributed by atoms with Crippen LogP contribution in [0.2, 0.25) is 0 Å². The van der Waals surface area contributed by atoms with E-state index in [1.54, 1.807) is 31.2 Å². The van der Waals surface area contributed by atoms with E-state index in [-0.39, 0.29) is 29.5 Å². The molecule has 0 saturated carbocycles. The van der Waals surface area contributed by atoms with Gasteiger partial charge < -0.3 is 15.4 Å². The largest absolute Gasteiger partial charge is 0.469 e. The number of carbonyl (C=O) groups excluding carboxylic acids is 3. The van der Waals surface area contributed by atoms with E-state index in [2.05, 4.69) is 15.4 Å². The second-order valence-corrected chi connectivity index (χ2v) is 6.04. The van der Waals surface area contributed by atoms with Gasteiger partial charge in [0.05, 0.1) is 18.8 Å². The SMILES string of the molecule is COC(=O)CCSC(C)C(=O)Nc1ccc(NC(C)=O)cc1. The molecule has 1 unspecified atom stereocenters. The maximum atomic E-state index is 12.0. The van der Waals surface area contributed by atoms with Gasteiger partial charge in [-0.2, -0.15) is 0 Å². The summed E-state index contributed by atoms with van der Waals surface area (Å²) in [5.41, 5.74) is 1.32. The van der Waals surface area contributed by atoms with Crippen LogP contribution in [-0.2, 0) is 19.1 Å². The molecule has 0 radical (unpaired) electrons. The fraction of sp³-hybridized carbons (Fsp3) is 0.400. The summed E-state index contributed by atoms with van der Waals surface area (Å²) in [6.45, 7) is 3.21. The Morgan fingerprint density at radius 1 is 1.14 bits per heavy atom. The van der Waals surface area contributed by atoms with Crippen LogP contribution >= 0.6 is 11.8 Å². The van der Waals surface area contributed by atoms with Crippen LogP contribution in [0.5, 0.6) is 0 Å². The molecule has 0 aliphatic rings. The van der Waals surface area contributed by atoms with Gasteiger partial charge in [0.25, 0.3) is 0 Å². The van der Waals surface area contributed by atoms with Crippen LogP contribution in [0, 0.1) is 0 Å². The van der Waals surface area contributed by atoms with Crippen molar-refractivity contribution in [3.05, 3.63) is 24.3 Å². The number of nitrogens with one attached hydrogen (secondary N) is 2. The Morgan fingerprint density at radius 3 is 2.18 bits per heavy atom. The summed E-state index contributed by atoms with van der Waals surface area (Å²) in [6.07, 6.45) is 0.282. The van der Waals surface area contributed by atoms with Crippen LogP contribution in [-0.4, -0.2) is 35.9 Å². The molecule has 2 amide bonds. The highest BCUT2D eigenvalue weighted by Crippen LogP contribution is 2.17. The van der Waals surface area contributed by atoms with Crippen molar-refractivity contribution in [3.8, 4) is 0 Å². The van der Waals surface area contributed by atoms with Gasteiger partial charge in [0.15, 0.2) is 0 Å². The van der Waals surface area contributed by atoms with E-state index in [1.165, 1.54) is 25.8 Å². The lowest BCUT2D eigenvalue weighted by molar-refractivity contribution is -0.140. The average Bonchev–Trinajstić information content (AvgIpc) is 2.48. The lowest BCUT2D eigenvalue weighted by Crippen LogP contribution is -2.23. The van der Waals surface area contributed by atoms with Crippen LogP contribution in [0.15, 0.2) is 24.3 Å². The van der Waals surface area contributed by atoms with Crippen molar-refractivity contribution in [3.63, 3.8) is 0 Å². The molecule has 0 aliphatic carbocycles. The molecular formula is C15H20N2O4S. The van der Waals surface area contributed by atoms with Gasteiger partial charge in [0.2, 0.25) is 11.8 Å². The number of amides is 2. The number of esters is 1. The summed E-state index contributed by atoms with van der Waals surface area (Å²) in [5, 5.41) is 5.16. The summed E-state index contributed by atoms with van der Waals surface area (Å²) >= 11 is 1.39. The zero-order valence-corrected chi connectivity index (χ0v) is 13.7. The van der Waals surface area contributed by atoms with Gasteiger partial charge in [-0.3, -0.25) is 14.4 Å². The van der Waals surface area contributed by atoms with Crippen molar-refractivity contribution < 1.29 is 19.1 Å². The topological polar surface area (TPSA) is 84.5 Å². The normalized spacial score (nSPS) is 11.4. The third-order valence-corrected chi connectivity index (χ3v) is 3.90. The predicted octanol–water partition coefficient (Wildman–Crippen LogP) is 2.27. The number of ether oxygens (including phenoxy) is 1. The van der Waals surface area contributed by atoms with E-state index in [9.17, 15) is 14.4 Å². The molecule has 7 heteroatoms. The first-order chi connectivity index (χ1) is 10.4. The molecule has 0 saturated heterocycles. The van der Waals surface area contributed by atoms with Gasteiger partial charge in [0.1, 0.15) is 0 Å². The standard InChI is InChI=1S/C15H20N2O4S/c1-10(22-9-8-14(19)21-3)15(20)17-13-6-4-12(5-7-13)16-11(2)18/h4-7,10H,8-9H2,1-3H3,(H,16,18)(H,17,20). The van der Waals surface area contributed by atoms with Gasteiger partial charge in [-0.05, 0) is 31.2 Å². The molecule has 0 spiro atoms. The van der Waals surface area contributed by atoms with Gasteiger partial charge in [-0.25, -0.2) is 0 Å². The summed E-state index contributed by atoms with van der Waals surface area (Å²) < 4.78 is 4.54. The number of anilines is 2. The first-order valence-electron chi connectivity index (χ1n) is 6.79. The molecule has 0 heterocycles. The quantitative estimate of drug-likeness (QED) is 0.752. The molecular weight excluding hydrogens is 304 g/mol. The smallest absolute Gasteiger partial charge is 0.306 e. The number of carbonyl (C=O) groups is 3. The van der Waals surface area contributed by atoms with E-state index in [0.717, 1.165) is 0 Å². The van der Waals surface area contributed by atoms with Crippen molar-refractivity contribution in [2.45, 2.75) is 25.5 Å². The predicted molar refractivity (Wildman–Crippen MR) is 87.9 cm³/mol. The maximum absolute atomic E-state index is 12.0. The first-order valence-corrected chi connectivity index (χ1v) is 7.84. The monoisotopic (exact) mass is 324 g/mol. The van der Waals surface area contributed by atoms with Crippen LogP contribution in [0.3, 0.4) is 0 Å². The van der Waals surface area contributed by atoms with Gasteiger partial charge in [-0.1, -0.05) is 0 Å². The van der Waals surface area contributed by atoms with Gasteiger partial charge in [-0.15, -0.1) is 11.8 Å². The Labute approximate surface area is 134 Å². The zero-order valence-electron chi connectivity index (χ0n) is 12.8. The van der Waals surface area contributed by atoms with Crippen molar-refractivity contribution in [2.75, 3.05) is 23.5 Å². The highest BCUT2D eigenvalue weighted by molar-refractivity contribution is 8.00. The highest BCUT2D eigenvalue weighted by atomic mass is 32.2. The Balaban J connectivity index is 2.43. The third-order valence-electron chi connectivity index (χ3n) is 2.74. The molecule has 1 aromatic carbocycles. The maximum Gasteiger partial charge on any atom is 0.306 e. The van der Waals surface area contributed by atoms with Crippen LogP contribution < -0.4 is 10.6 Å². The van der Waals surface area contributed by atoms with Crippen LogP contribution in [0.1, 0.15) is 20.3 Å². The molecule has 0 aromatic heterocycles. The van der Waals surface area contributed by atoms with E-state index in [0.29, 0.717) is 17.1 Å². The molecule has 1 atom stereocenters. The lowest BCUT2D eigenvalue weighted by Gasteiger charge is -2.12. The van der Waals surface area contributed by atoms with E-state index >= 15 is 0 Å². The molecule has 22 heavy (non-hydrogen) atoms. The Kier molecular flexibility index (Phi) is 7.45. The fourth-order valence-electron chi connectivity index (χ4n) is 1.58. The molecule has 0 fully saturated rings. The molecule has 6 nitrogen and oxygen atoms in total. The summed E-state index contributed by atoms with van der Waals surface area (Å²) in [4.78, 5) is 33.9. The first kappa shape index (κ1) is 18.0. The molecule has 0 aliphatic heterocycles. The minimum absolute atomic E-state index is 0.137. The number of hydrogen-bond donors (Lipinski definition) is 2. The minimum Gasteiger partial charge on any atom is -0.469 e. The average molecular weight is 324 g/mol. The second-order valence-electron chi connectivity index (χ2n) is 4.59. The summed E-state index contributed by atoms with van der Waals surface area (Å²) in [7, 11) is 1.34. The number of hydrogen-bond acceptors (Lipinski definition) is 5. The number of methoxy groups -OCH3 is 1.